The van der Waals surface area contributed by atoms with Gasteiger partial charge < -0.3 is 18.9 Å². The lowest BCUT2D eigenvalue weighted by molar-refractivity contribution is 0.00394. The van der Waals surface area contributed by atoms with Crippen LogP contribution in [-0.4, -0.2) is 70.8 Å². The van der Waals surface area contributed by atoms with E-state index in [2.05, 4.69) is 29.9 Å². The van der Waals surface area contributed by atoms with Gasteiger partial charge in [-0.1, -0.05) is 12.1 Å². The minimum Gasteiger partial charge on any atom is -0.494 e. The summed E-state index contributed by atoms with van der Waals surface area (Å²) in [7, 11) is 0.324. The molecule has 0 aliphatic heterocycles. The van der Waals surface area contributed by atoms with Crippen LogP contribution in [0.2, 0.25) is 0 Å². The Morgan fingerprint density at radius 1 is 0.878 bits per heavy atom. The summed E-state index contributed by atoms with van der Waals surface area (Å²) in [6.07, 6.45) is 1.88. The highest BCUT2D eigenvalue weighted by Crippen LogP contribution is 2.38. The maximum absolute atomic E-state index is 13.9. The first-order chi connectivity index (χ1) is 19.6. The number of anilines is 1. The van der Waals surface area contributed by atoms with Crippen molar-refractivity contribution in [1.29, 1.82) is 0 Å². The van der Waals surface area contributed by atoms with E-state index >= 15 is 0 Å². The molecular formula is C27H33N7O6S. The Labute approximate surface area is 239 Å². The predicted molar refractivity (Wildman–Crippen MR) is 152 cm³/mol. The van der Waals surface area contributed by atoms with E-state index in [0.29, 0.717) is 40.1 Å². The lowest BCUT2D eigenvalue weighted by atomic mass is 10.2. The van der Waals surface area contributed by atoms with E-state index in [1.165, 1.54) is 39.0 Å². The van der Waals surface area contributed by atoms with E-state index in [1.807, 2.05) is 13.8 Å². The second kappa shape index (κ2) is 12.5. The van der Waals surface area contributed by atoms with Crippen molar-refractivity contribution in [2.45, 2.75) is 45.2 Å². The van der Waals surface area contributed by atoms with Crippen molar-refractivity contribution < 1.29 is 27.4 Å². The second-order valence-electron chi connectivity index (χ2n) is 9.30. The quantitative estimate of drug-likeness (QED) is 0.259. The zero-order chi connectivity index (χ0) is 29.7. The lowest BCUT2D eigenvalue weighted by Gasteiger charge is -2.26. The molecule has 0 amide bonds. The number of benzene rings is 1. The molecule has 1 N–H and O–H groups in total. The van der Waals surface area contributed by atoms with Crippen LogP contribution in [0.4, 0.5) is 5.95 Å². The molecule has 3 aromatic heterocycles. The van der Waals surface area contributed by atoms with Crippen LogP contribution in [0.5, 0.6) is 17.4 Å². The van der Waals surface area contributed by atoms with E-state index in [-0.39, 0.29) is 17.9 Å². The van der Waals surface area contributed by atoms with Crippen molar-refractivity contribution in [3.63, 3.8) is 0 Å². The predicted octanol–water partition coefficient (Wildman–Crippen LogP) is 3.75. The number of aromatic nitrogens is 6. The molecule has 2 unspecified atom stereocenters. The smallest absolute Gasteiger partial charge is 0.243 e. The molecule has 0 spiro atoms. The van der Waals surface area contributed by atoms with E-state index in [9.17, 15) is 8.42 Å². The summed E-state index contributed by atoms with van der Waals surface area (Å²) in [6.45, 7) is 6.97. The fraction of sp³-hybridized carbons (Fsp3) is 0.370. The van der Waals surface area contributed by atoms with Gasteiger partial charge in [0, 0.05) is 12.3 Å². The van der Waals surface area contributed by atoms with Crippen LogP contribution in [0.3, 0.4) is 0 Å². The van der Waals surface area contributed by atoms with Gasteiger partial charge in [-0.05, 0) is 45.9 Å². The van der Waals surface area contributed by atoms with Crippen molar-refractivity contribution in [3.8, 4) is 34.6 Å². The molecule has 218 valence electrons. The van der Waals surface area contributed by atoms with Crippen molar-refractivity contribution in [2.24, 2.45) is 0 Å². The Hall–Kier alpha value is -4.30. The summed E-state index contributed by atoms with van der Waals surface area (Å²) in [5.74, 6) is 1.22. The Morgan fingerprint density at radius 2 is 1.56 bits per heavy atom. The number of aryl methyl sites for hydroxylation is 1. The number of ether oxygens (including phenoxy) is 4. The molecule has 0 aliphatic rings. The second-order valence-corrected chi connectivity index (χ2v) is 11.3. The van der Waals surface area contributed by atoms with Gasteiger partial charge in [-0.15, -0.1) is 10.2 Å². The SMILES string of the molecule is COc1cccc(-c2nnc(NS(=O)(=O)C(C)C(OC(C)C)c3cnc(C)cn3)n2-c2c(OC)cccc2OC)n1. The van der Waals surface area contributed by atoms with Gasteiger partial charge in [-0.3, -0.25) is 19.3 Å². The molecule has 0 saturated heterocycles. The normalized spacial score (nSPS) is 13.1. The third kappa shape index (κ3) is 6.38. The summed E-state index contributed by atoms with van der Waals surface area (Å²) in [4.78, 5) is 13.1. The largest absolute Gasteiger partial charge is 0.494 e. The molecule has 4 aromatic rings. The van der Waals surface area contributed by atoms with E-state index in [4.69, 9.17) is 18.9 Å². The van der Waals surface area contributed by atoms with Crippen LogP contribution in [0.1, 0.15) is 38.3 Å². The summed E-state index contributed by atoms with van der Waals surface area (Å²) in [6, 6.07) is 10.3. The number of nitrogens with one attached hydrogen (secondary N) is 1. The number of sulfonamides is 1. The first-order valence-corrected chi connectivity index (χ1v) is 14.3. The first-order valence-electron chi connectivity index (χ1n) is 12.7. The van der Waals surface area contributed by atoms with Crippen molar-refractivity contribution in [2.75, 3.05) is 26.1 Å². The van der Waals surface area contributed by atoms with Gasteiger partial charge in [0.15, 0.2) is 5.82 Å². The number of hydrogen-bond donors (Lipinski definition) is 1. The standard InChI is InChI=1S/C27H33N7O6S/c1-16(2)40-25(20-15-28-17(3)14-29-20)18(4)41(35,36)33-27-32-31-26(19-10-8-13-23(30-19)39-7)34(27)24-21(37-5)11-9-12-22(24)38-6/h8-16,18,25H,1-7H3,(H,32,33). The molecule has 14 heteroatoms. The average molecular weight is 584 g/mol. The summed E-state index contributed by atoms with van der Waals surface area (Å²) >= 11 is 0. The van der Waals surface area contributed by atoms with Gasteiger partial charge in [0.05, 0.1) is 45.0 Å². The third-order valence-corrected chi connectivity index (χ3v) is 7.80. The third-order valence-electron chi connectivity index (χ3n) is 6.11. The Bertz CT molecular complexity index is 1570. The number of para-hydroxylation sites is 1. The zero-order valence-corrected chi connectivity index (χ0v) is 24.7. The molecule has 41 heavy (non-hydrogen) atoms. The number of nitrogens with zero attached hydrogens (tertiary/aromatic N) is 6. The van der Waals surface area contributed by atoms with Crippen molar-refractivity contribution in [1.82, 2.24) is 29.7 Å². The van der Waals surface area contributed by atoms with Crippen LogP contribution < -0.4 is 18.9 Å². The van der Waals surface area contributed by atoms with Crippen LogP contribution >= 0.6 is 0 Å². The minimum absolute atomic E-state index is 0.113. The van der Waals surface area contributed by atoms with Crippen LogP contribution in [0.25, 0.3) is 17.2 Å². The van der Waals surface area contributed by atoms with Crippen LogP contribution in [0, 0.1) is 6.92 Å². The highest BCUT2D eigenvalue weighted by Gasteiger charge is 2.35. The van der Waals surface area contributed by atoms with E-state index in [1.54, 1.807) is 49.5 Å². The Morgan fingerprint density at radius 3 is 2.15 bits per heavy atom. The molecule has 0 aliphatic carbocycles. The minimum atomic E-state index is -4.16. The highest BCUT2D eigenvalue weighted by molar-refractivity contribution is 7.93. The molecule has 4 rings (SSSR count). The van der Waals surface area contributed by atoms with Gasteiger partial charge in [0.25, 0.3) is 0 Å². The zero-order valence-electron chi connectivity index (χ0n) is 23.9. The fourth-order valence-electron chi connectivity index (χ4n) is 4.08. The van der Waals surface area contributed by atoms with Gasteiger partial charge >= 0.3 is 0 Å². The van der Waals surface area contributed by atoms with Crippen molar-refractivity contribution >= 4 is 16.0 Å². The first kappa shape index (κ1) is 29.7. The van der Waals surface area contributed by atoms with Gasteiger partial charge in [0.1, 0.15) is 34.2 Å². The molecule has 1 aromatic carbocycles. The average Bonchev–Trinajstić information content (AvgIpc) is 3.37. The highest BCUT2D eigenvalue weighted by atomic mass is 32.2. The number of rotatable bonds is 12. The van der Waals surface area contributed by atoms with Gasteiger partial charge in [0.2, 0.25) is 21.9 Å². The molecule has 2 atom stereocenters. The fourth-order valence-corrected chi connectivity index (χ4v) is 5.18. The maximum Gasteiger partial charge on any atom is 0.243 e. The summed E-state index contributed by atoms with van der Waals surface area (Å²) in [5, 5.41) is 7.40. The Balaban J connectivity index is 1.86. The number of hydrogen-bond acceptors (Lipinski definition) is 11. The number of pyridine rings is 1. The monoisotopic (exact) mass is 583 g/mol. The molecule has 0 bridgehead atoms. The van der Waals surface area contributed by atoms with Crippen LogP contribution in [0.15, 0.2) is 48.8 Å². The van der Waals surface area contributed by atoms with Gasteiger partial charge in [-0.25, -0.2) is 13.4 Å². The Kier molecular flexibility index (Phi) is 9.03. The molecule has 0 fully saturated rings. The van der Waals surface area contributed by atoms with Gasteiger partial charge in [-0.2, -0.15) is 0 Å². The summed E-state index contributed by atoms with van der Waals surface area (Å²) in [5.41, 5.74) is 1.82. The van der Waals surface area contributed by atoms with Crippen LogP contribution in [-0.2, 0) is 14.8 Å². The molecule has 13 nitrogen and oxygen atoms in total. The maximum atomic E-state index is 13.9. The lowest BCUT2D eigenvalue weighted by Crippen LogP contribution is -2.34. The van der Waals surface area contributed by atoms with E-state index < -0.39 is 21.4 Å². The van der Waals surface area contributed by atoms with E-state index in [0.717, 1.165) is 0 Å². The van der Waals surface area contributed by atoms with Crippen molar-refractivity contribution in [3.05, 3.63) is 60.2 Å². The topological polar surface area (TPSA) is 152 Å². The number of methoxy groups -OCH3 is 3. The molecule has 3 heterocycles. The molecule has 0 radical (unpaired) electrons. The summed E-state index contributed by atoms with van der Waals surface area (Å²) < 4.78 is 54.4. The molecule has 0 saturated carbocycles. The molecular weight excluding hydrogens is 550 g/mol.